The third-order valence-electron chi connectivity index (χ3n) is 5.92. The van der Waals surface area contributed by atoms with Gasteiger partial charge < -0.3 is 15.2 Å². The molecule has 2 N–H and O–H groups in total. The molecule has 5 nitrogen and oxygen atoms in total. The minimum atomic E-state index is -4.36. The van der Waals surface area contributed by atoms with Crippen molar-refractivity contribution in [2.75, 3.05) is 19.7 Å². The predicted molar refractivity (Wildman–Crippen MR) is 97.5 cm³/mol. The number of piperidine rings is 1. The van der Waals surface area contributed by atoms with E-state index < -0.39 is 29.0 Å². The molecule has 2 heterocycles. The van der Waals surface area contributed by atoms with Crippen LogP contribution in [0.25, 0.3) is 0 Å². The average molecular weight is 400 g/mol. The Morgan fingerprint density at radius 1 is 1.32 bits per heavy atom. The molecular formula is C20H27F3N2O3. The van der Waals surface area contributed by atoms with Gasteiger partial charge in [-0.3, -0.25) is 9.69 Å². The molecule has 0 unspecified atom stereocenters. The van der Waals surface area contributed by atoms with E-state index in [1.165, 1.54) is 19.1 Å². The van der Waals surface area contributed by atoms with Crippen LogP contribution in [0.4, 0.5) is 13.2 Å². The number of halogens is 3. The lowest BCUT2D eigenvalue weighted by Gasteiger charge is -2.52. The number of carbonyl (C=O) groups is 1. The third kappa shape index (κ3) is 4.50. The minimum Gasteiger partial charge on any atom is -0.388 e. The highest BCUT2D eigenvalue weighted by Gasteiger charge is 2.50. The first-order valence-electron chi connectivity index (χ1n) is 9.51. The summed E-state index contributed by atoms with van der Waals surface area (Å²) in [6.07, 6.45) is -3.39. The van der Waals surface area contributed by atoms with Crippen LogP contribution >= 0.6 is 0 Å². The Kier molecular flexibility index (Phi) is 5.76. The highest BCUT2D eigenvalue weighted by atomic mass is 19.4. The number of alkyl halides is 3. The number of hydrogen-bond donors (Lipinski definition) is 2. The standard InChI is InChI=1S/C20H27F3N2O3/c1-14(26)24-18(2)13-19(28-12-17(18)27)7-9-25(10-8-19)11-15-5-3-4-6-16(15)20(21,22)23/h3-6,17,27H,7-13H2,1-2H3,(H,24,26)/t17-,18-/m0/s1. The molecule has 1 spiro atoms. The maximum absolute atomic E-state index is 13.2. The fourth-order valence-corrected chi connectivity index (χ4v) is 4.42. The maximum atomic E-state index is 13.2. The first-order chi connectivity index (χ1) is 13.0. The summed E-state index contributed by atoms with van der Waals surface area (Å²) >= 11 is 0. The van der Waals surface area contributed by atoms with Gasteiger partial charge in [0.1, 0.15) is 6.10 Å². The molecule has 2 atom stereocenters. The zero-order valence-corrected chi connectivity index (χ0v) is 16.2. The van der Waals surface area contributed by atoms with Crippen LogP contribution in [-0.4, -0.2) is 52.9 Å². The SMILES string of the molecule is CC(=O)N[C@@]1(C)CC2(CCN(Cc3ccccc3C(F)(F)F)CC2)OC[C@@H]1O. The molecule has 8 heteroatoms. The summed E-state index contributed by atoms with van der Waals surface area (Å²) < 4.78 is 45.6. The summed E-state index contributed by atoms with van der Waals surface area (Å²) in [6, 6.07) is 5.67. The molecule has 28 heavy (non-hydrogen) atoms. The van der Waals surface area contributed by atoms with Gasteiger partial charge >= 0.3 is 6.18 Å². The summed E-state index contributed by atoms with van der Waals surface area (Å²) in [5.41, 5.74) is -1.56. The molecule has 0 aromatic heterocycles. The number of nitrogens with zero attached hydrogens (tertiary/aromatic N) is 1. The number of nitrogens with one attached hydrogen (secondary N) is 1. The molecule has 156 valence electrons. The second kappa shape index (κ2) is 7.65. The van der Waals surface area contributed by atoms with Gasteiger partial charge in [-0.1, -0.05) is 18.2 Å². The van der Waals surface area contributed by atoms with Crippen LogP contribution in [0.5, 0.6) is 0 Å². The molecule has 1 aromatic rings. The van der Waals surface area contributed by atoms with Crippen LogP contribution in [0.2, 0.25) is 0 Å². The molecule has 3 rings (SSSR count). The number of hydrogen-bond acceptors (Lipinski definition) is 4. The lowest BCUT2D eigenvalue weighted by atomic mass is 9.74. The molecular weight excluding hydrogens is 373 g/mol. The van der Waals surface area contributed by atoms with Crippen LogP contribution in [0.1, 0.15) is 44.2 Å². The van der Waals surface area contributed by atoms with Gasteiger partial charge in [0.05, 0.1) is 23.3 Å². The van der Waals surface area contributed by atoms with Gasteiger partial charge in [-0.05, 0) is 31.4 Å². The Morgan fingerprint density at radius 3 is 2.57 bits per heavy atom. The second-order valence-electron chi connectivity index (χ2n) is 8.22. The van der Waals surface area contributed by atoms with Crippen molar-refractivity contribution in [3.8, 4) is 0 Å². The van der Waals surface area contributed by atoms with Gasteiger partial charge in [-0.2, -0.15) is 13.2 Å². The molecule has 2 fully saturated rings. The van der Waals surface area contributed by atoms with Crippen molar-refractivity contribution >= 4 is 5.91 Å². The van der Waals surface area contributed by atoms with Crippen LogP contribution in [0.3, 0.4) is 0 Å². The lowest BCUT2D eigenvalue weighted by Crippen LogP contribution is -2.65. The van der Waals surface area contributed by atoms with Gasteiger partial charge in [0.2, 0.25) is 5.91 Å². The quantitative estimate of drug-likeness (QED) is 0.819. The van der Waals surface area contributed by atoms with E-state index >= 15 is 0 Å². The van der Waals surface area contributed by atoms with Crippen molar-refractivity contribution < 1.29 is 27.8 Å². The molecule has 1 aromatic carbocycles. The molecule has 2 aliphatic rings. The monoisotopic (exact) mass is 400 g/mol. The van der Waals surface area contributed by atoms with E-state index in [9.17, 15) is 23.1 Å². The lowest BCUT2D eigenvalue weighted by molar-refractivity contribution is -0.181. The normalized spacial score (nSPS) is 28.3. The highest BCUT2D eigenvalue weighted by molar-refractivity contribution is 5.74. The van der Waals surface area contributed by atoms with Crippen molar-refractivity contribution in [1.82, 2.24) is 10.2 Å². The first-order valence-corrected chi connectivity index (χ1v) is 9.51. The maximum Gasteiger partial charge on any atom is 0.416 e. The van der Waals surface area contributed by atoms with Gasteiger partial charge in [-0.15, -0.1) is 0 Å². The van der Waals surface area contributed by atoms with Gasteiger partial charge in [-0.25, -0.2) is 0 Å². The Balaban J connectivity index is 1.66. The molecule has 0 saturated carbocycles. The number of benzene rings is 1. The predicted octanol–water partition coefficient (Wildman–Crippen LogP) is 2.72. The smallest absolute Gasteiger partial charge is 0.388 e. The molecule has 2 saturated heterocycles. The summed E-state index contributed by atoms with van der Waals surface area (Å²) in [5, 5.41) is 13.1. The van der Waals surface area contributed by atoms with E-state index in [0.29, 0.717) is 32.4 Å². The van der Waals surface area contributed by atoms with E-state index in [1.54, 1.807) is 6.07 Å². The van der Waals surface area contributed by atoms with Crippen LogP contribution in [0, 0.1) is 0 Å². The average Bonchev–Trinajstić information content (AvgIpc) is 2.60. The number of rotatable bonds is 3. The van der Waals surface area contributed by atoms with E-state index in [4.69, 9.17) is 4.74 Å². The third-order valence-corrected chi connectivity index (χ3v) is 5.92. The van der Waals surface area contributed by atoms with Gasteiger partial charge in [0.25, 0.3) is 0 Å². The summed E-state index contributed by atoms with van der Waals surface area (Å²) in [7, 11) is 0. The van der Waals surface area contributed by atoms with Crippen LogP contribution in [-0.2, 0) is 22.3 Å². The fourth-order valence-electron chi connectivity index (χ4n) is 4.42. The van der Waals surface area contributed by atoms with Crippen LogP contribution in [0.15, 0.2) is 24.3 Å². The highest BCUT2D eigenvalue weighted by Crippen LogP contribution is 2.40. The Hall–Kier alpha value is -1.64. The molecule has 0 aliphatic carbocycles. The van der Waals surface area contributed by atoms with Gasteiger partial charge in [0.15, 0.2) is 0 Å². The van der Waals surface area contributed by atoms with E-state index in [-0.39, 0.29) is 24.6 Å². The number of aliphatic hydroxyl groups excluding tert-OH is 1. The Bertz CT molecular complexity index is 717. The molecule has 0 bridgehead atoms. The van der Waals surface area contributed by atoms with E-state index in [2.05, 4.69) is 5.32 Å². The van der Waals surface area contributed by atoms with Crippen LogP contribution < -0.4 is 5.32 Å². The summed E-state index contributed by atoms with van der Waals surface area (Å²) in [5.74, 6) is -0.209. The van der Waals surface area contributed by atoms with Crippen molar-refractivity contribution in [2.45, 2.75) is 63.1 Å². The van der Waals surface area contributed by atoms with Crippen molar-refractivity contribution in [3.05, 3.63) is 35.4 Å². The summed E-state index contributed by atoms with van der Waals surface area (Å²) in [4.78, 5) is 13.5. The fraction of sp³-hybridized carbons (Fsp3) is 0.650. The largest absolute Gasteiger partial charge is 0.416 e. The van der Waals surface area contributed by atoms with E-state index in [1.807, 2.05) is 11.8 Å². The van der Waals surface area contributed by atoms with Crippen molar-refractivity contribution in [1.29, 1.82) is 0 Å². The summed E-state index contributed by atoms with van der Waals surface area (Å²) in [6.45, 7) is 4.79. The first kappa shape index (κ1) is 21.1. The topological polar surface area (TPSA) is 61.8 Å². The van der Waals surface area contributed by atoms with Crippen molar-refractivity contribution in [2.24, 2.45) is 0 Å². The number of carbonyl (C=O) groups excluding carboxylic acids is 1. The van der Waals surface area contributed by atoms with Crippen molar-refractivity contribution in [3.63, 3.8) is 0 Å². The minimum absolute atomic E-state index is 0.133. The Labute approximate surface area is 162 Å². The number of likely N-dealkylation sites (tertiary alicyclic amines) is 1. The van der Waals surface area contributed by atoms with Gasteiger partial charge in [0, 0.05) is 33.0 Å². The Morgan fingerprint density at radius 2 is 1.96 bits per heavy atom. The zero-order chi connectivity index (χ0) is 20.6. The number of aliphatic hydroxyl groups is 1. The molecule has 2 aliphatic heterocycles. The second-order valence-corrected chi connectivity index (χ2v) is 8.22. The molecule has 0 radical (unpaired) electrons. The number of amides is 1. The zero-order valence-electron chi connectivity index (χ0n) is 16.2. The molecule has 1 amide bonds. The number of ether oxygens (including phenoxy) is 1. The van der Waals surface area contributed by atoms with E-state index in [0.717, 1.165) is 6.07 Å².